The SMILES string of the molecule is CC(C)Cc1cc(-c2ccc(-c3ccccc3)cc2)ncc1[Si]1(C)CCCC1. The highest BCUT2D eigenvalue weighted by Crippen LogP contribution is 2.32. The van der Waals surface area contributed by atoms with Crippen molar-refractivity contribution in [3.05, 3.63) is 72.4 Å². The first kappa shape index (κ1) is 19.1. The number of nitrogens with zero attached hydrogens (tertiary/aromatic N) is 1. The van der Waals surface area contributed by atoms with Crippen LogP contribution >= 0.6 is 0 Å². The molecule has 0 aliphatic carbocycles. The average Bonchev–Trinajstić information content (AvgIpc) is 3.16. The summed E-state index contributed by atoms with van der Waals surface area (Å²) in [6, 6.07) is 24.7. The Labute approximate surface area is 170 Å². The molecule has 1 aliphatic rings. The largest absolute Gasteiger partial charge is 0.256 e. The molecule has 144 valence electrons. The van der Waals surface area contributed by atoms with Gasteiger partial charge in [0, 0.05) is 11.8 Å². The molecule has 0 bridgehead atoms. The van der Waals surface area contributed by atoms with E-state index in [1.54, 1.807) is 10.8 Å². The van der Waals surface area contributed by atoms with Crippen LogP contribution in [0.15, 0.2) is 66.9 Å². The second-order valence-electron chi connectivity index (χ2n) is 9.04. The lowest BCUT2D eigenvalue weighted by Gasteiger charge is -2.26. The highest BCUT2D eigenvalue weighted by atomic mass is 28.3. The average molecular weight is 386 g/mol. The van der Waals surface area contributed by atoms with Crippen molar-refractivity contribution in [1.82, 2.24) is 4.98 Å². The molecule has 1 saturated heterocycles. The lowest BCUT2D eigenvalue weighted by molar-refractivity contribution is 0.648. The molecule has 28 heavy (non-hydrogen) atoms. The van der Waals surface area contributed by atoms with Gasteiger partial charge in [-0.05, 0) is 40.3 Å². The van der Waals surface area contributed by atoms with E-state index in [1.165, 1.54) is 41.6 Å². The summed E-state index contributed by atoms with van der Waals surface area (Å²) in [4.78, 5) is 4.94. The van der Waals surface area contributed by atoms with Crippen LogP contribution in [-0.4, -0.2) is 13.1 Å². The first-order chi connectivity index (χ1) is 13.5. The van der Waals surface area contributed by atoms with E-state index in [0.717, 1.165) is 12.1 Å². The molecule has 1 aliphatic heterocycles. The molecule has 0 amide bonds. The molecule has 0 unspecified atom stereocenters. The molecule has 0 radical (unpaired) electrons. The van der Waals surface area contributed by atoms with E-state index in [4.69, 9.17) is 4.98 Å². The lowest BCUT2D eigenvalue weighted by Crippen LogP contribution is -2.44. The van der Waals surface area contributed by atoms with Crippen molar-refractivity contribution in [1.29, 1.82) is 0 Å². The second kappa shape index (κ2) is 8.04. The smallest absolute Gasteiger partial charge is 0.0860 e. The normalized spacial score (nSPS) is 15.9. The molecule has 0 N–H and O–H groups in total. The van der Waals surface area contributed by atoms with Crippen LogP contribution in [-0.2, 0) is 6.42 Å². The maximum absolute atomic E-state index is 4.94. The van der Waals surface area contributed by atoms with Gasteiger partial charge < -0.3 is 0 Å². The summed E-state index contributed by atoms with van der Waals surface area (Å²) in [5.74, 6) is 0.674. The highest BCUT2D eigenvalue weighted by molar-refractivity contribution is 6.91. The maximum Gasteiger partial charge on any atom is 0.0860 e. The van der Waals surface area contributed by atoms with Crippen molar-refractivity contribution in [2.75, 3.05) is 0 Å². The lowest BCUT2D eigenvalue weighted by atomic mass is 9.99. The zero-order valence-electron chi connectivity index (χ0n) is 17.4. The Morgan fingerprint density at radius 2 is 1.46 bits per heavy atom. The van der Waals surface area contributed by atoms with Gasteiger partial charge in [0.2, 0.25) is 0 Å². The number of aromatic nitrogens is 1. The molecule has 0 spiro atoms. The summed E-state index contributed by atoms with van der Waals surface area (Å²) in [6.07, 6.45) is 6.23. The van der Waals surface area contributed by atoms with Gasteiger partial charge >= 0.3 is 0 Å². The van der Waals surface area contributed by atoms with Gasteiger partial charge in [-0.3, -0.25) is 4.98 Å². The monoisotopic (exact) mass is 385 g/mol. The Morgan fingerprint density at radius 1 is 0.857 bits per heavy atom. The molecule has 2 heterocycles. The van der Waals surface area contributed by atoms with Crippen LogP contribution < -0.4 is 5.19 Å². The molecule has 1 fully saturated rings. The van der Waals surface area contributed by atoms with E-state index in [1.807, 2.05) is 0 Å². The highest BCUT2D eigenvalue weighted by Gasteiger charge is 2.35. The fourth-order valence-corrected chi connectivity index (χ4v) is 8.87. The van der Waals surface area contributed by atoms with E-state index < -0.39 is 8.07 Å². The van der Waals surface area contributed by atoms with Gasteiger partial charge in [-0.25, -0.2) is 0 Å². The molecular formula is C26H31NSi. The fraction of sp³-hybridized carbons (Fsp3) is 0.346. The number of benzene rings is 2. The van der Waals surface area contributed by atoms with Gasteiger partial charge in [-0.2, -0.15) is 0 Å². The Kier molecular flexibility index (Phi) is 5.50. The summed E-state index contributed by atoms with van der Waals surface area (Å²) in [5, 5.41) is 1.63. The van der Waals surface area contributed by atoms with E-state index in [2.05, 4.69) is 87.3 Å². The van der Waals surface area contributed by atoms with E-state index in [9.17, 15) is 0 Å². The van der Waals surface area contributed by atoms with Gasteiger partial charge in [0.05, 0.1) is 13.8 Å². The molecule has 3 aromatic rings. The van der Waals surface area contributed by atoms with Gasteiger partial charge in [-0.1, -0.05) is 99.9 Å². The quantitative estimate of drug-likeness (QED) is 0.446. The van der Waals surface area contributed by atoms with Crippen molar-refractivity contribution in [3.63, 3.8) is 0 Å². The third-order valence-electron chi connectivity index (χ3n) is 6.26. The van der Waals surface area contributed by atoms with Crippen LogP contribution in [0.5, 0.6) is 0 Å². The summed E-state index contributed by atoms with van der Waals surface area (Å²) in [6.45, 7) is 7.24. The number of hydrogen-bond donors (Lipinski definition) is 0. The van der Waals surface area contributed by atoms with Gasteiger partial charge in [-0.15, -0.1) is 0 Å². The standard InChI is InChI=1S/C26H31NSi/c1-20(2)17-24-18-25(27-19-26(24)28(3)15-7-8-16-28)23-13-11-22(12-14-23)21-9-5-4-6-10-21/h4-6,9-14,18-20H,7-8,15-17H2,1-3H3. The number of hydrogen-bond acceptors (Lipinski definition) is 1. The third-order valence-corrected chi connectivity index (χ3v) is 10.9. The molecule has 2 heteroatoms. The van der Waals surface area contributed by atoms with E-state index in [0.29, 0.717) is 5.92 Å². The van der Waals surface area contributed by atoms with Crippen LogP contribution in [0.2, 0.25) is 18.6 Å². The Morgan fingerprint density at radius 3 is 2.11 bits per heavy atom. The summed E-state index contributed by atoms with van der Waals surface area (Å²) in [5.41, 5.74) is 6.42. The van der Waals surface area contributed by atoms with E-state index >= 15 is 0 Å². The van der Waals surface area contributed by atoms with Gasteiger partial charge in [0.25, 0.3) is 0 Å². The molecule has 1 nitrogen and oxygen atoms in total. The van der Waals surface area contributed by atoms with Crippen molar-refractivity contribution < 1.29 is 0 Å². The summed E-state index contributed by atoms with van der Waals surface area (Å²) >= 11 is 0. The van der Waals surface area contributed by atoms with Crippen LogP contribution in [0.4, 0.5) is 0 Å². The van der Waals surface area contributed by atoms with Crippen LogP contribution in [0.3, 0.4) is 0 Å². The molecule has 1 aromatic heterocycles. The second-order valence-corrected chi connectivity index (χ2v) is 13.7. The minimum atomic E-state index is -1.31. The van der Waals surface area contributed by atoms with E-state index in [-0.39, 0.29) is 0 Å². The van der Waals surface area contributed by atoms with Crippen LogP contribution in [0, 0.1) is 5.92 Å². The molecule has 2 aromatic carbocycles. The molecule has 0 saturated carbocycles. The van der Waals surface area contributed by atoms with Crippen molar-refractivity contribution >= 4 is 13.3 Å². The molecule has 0 atom stereocenters. The Balaban J connectivity index is 1.68. The van der Waals surface area contributed by atoms with Crippen molar-refractivity contribution in [3.8, 4) is 22.4 Å². The minimum absolute atomic E-state index is 0.674. The minimum Gasteiger partial charge on any atom is -0.256 e. The predicted octanol–water partition coefficient (Wildman–Crippen LogP) is 6.69. The van der Waals surface area contributed by atoms with Crippen LogP contribution in [0.1, 0.15) is 32.3 Å². The number of rotatable bonds is 5. The molecule has 4 rings (SSSR count). The Bertz CT molecular complexity index is 922. The van der Waals surface area contributed by atoms with Crippen LogP contribution in [0.25, 0.3) is 22.4 Å². The number of pyridine rings is 1. The first-order valence-electron chi connectivity index (χ1n) is 10.7. The van der Waals surface area contributed by atoms with Gasteiger partial charge in [0.15, 0.2) is 0 Å². The van der Waals surface area contributed by atoms with Gasteiger partial charge in [0.1, 0.15) is 0 Å². The van der Waals surface area contributed by atoms with Crippen molar-refractivity contribution in [2.45, 2.75) is 51.7 Å². The first-order valence-corrected chi connectivity index (χ1v) is 13.6. The maximum atomic E-state index is 4.94. The zero-order chi connectivity index (χ0) is 19.6. The third kappa shape index (κ3) is 3.98. The summed E-state index contributed by atoms with van der Waals surface area (Å²) < 4.78 is 0. The van der Waals surface area contributed by atoms with Crippen molar-refractivity contribution in [2.24, 2.45) is 5.92 Å². The topological polar surface area (TPSA) is 12.9 Å². The Hall–Kier alpha value is -2.19. The summed E-state index contributed by atoms with van der Waals surface area (Å²) in [7, 11) is -1.31. The zero-order valence-corrected chi connectivity index (χ0v) is 18.4. The predicted molar refractivity (Wildman–Crippen MR) is 124 cm³/mol. The molecular weight excluding hydrogens is 354 g/mol. The fourth-order valence-electron chi connectivity index (χ4n) is 4.70.